The van der Waals surface area contributed by atoms with Gasteiger partial charge in [-0.3, -0.25) is 9.69 Å². The van der Waals surface area contributed by atoms with Gasteiger partial charge in [0.15, 0.2) is 11.0 Å². The van der Waals surface area contributed by atoms with Gasteiger partial charge in [-0.1, -0.05) is 11.6 Å². The summed E-state index contributed by atoms with van der Waals surface area (Å²) in [5, 5.41) is 12.2. The Balaban J connectivity index is 1.68. The zero-order valence-electron chi connectivity index (χ0n) is 14.3. The average molecular weight is 398 g/mol. The van der Waals surface area contributed by atoms with Crippen LogP contribution in [-0.2, 0) is 0 Å². The molecule has 0 aliphatic carbocycles. The van der Waals surface area contributed by atoms with Crippen LogP contribution in [0.2, 0.25) is 5.15 Å². The first kappa shape index (κ1) is 17.9. The van der Waals surface area contributed by atoms with E-state index in [9.17, 15) is 19.1 Å². The van der Waals surface area contributed by atoms with Crippen molar-refractivity contribution in [2.75, 3.05) is 6.54 Å². The van der Waals surface area contributed by atoms with Crippen LogP contribution in [-0.4, -0.2) is 61.8 Å². The molecule has 2 aromatic rings. The van der Waals surface area contributed by atoms with Gasteiger partial charge in [0.2, 0.25) is 5.88 Å². The van der Waals surface area contributed by atoms with E-state index in [-0.39, 0.29) is 34.9 Å². The normalized spacial score (nSPS) is 25.6. The Hall–Kier alpha value is -2.46. The molecule has 2 aliphatic heterocycles. The van der Waals surface area contributed by atoms with Gasteiger partial charge < -0.3 is 20.1 Å². The van der Waals surface area contributed by atoms with E-state index in [0.717, 1.165) is 12.7 Å². The molecule has 3 N–H and O–H groups in total. The molecule has 1 amide bonds. The number of amides is 1. The standard InChI is InChI=1S/C16H17ClFN5O4/c1-6(11-8-3-2-7(4-19-11)23(8)16(25)26)27-15-9-12(10(18)13(17)22-15)20-5-21-14(9)24/h5-8,11,19H,2-4H2,1H3,(H,25,26)(H,20,21,24)/t6?,7-,8+,11+/m0/s1. The number of H-pyrrole nitrogens is 1. The van der Waals surface area contributed by atoms with Crippen LogP contribution in [0.3, 0.4) is 0 Å². The van der Waals surface area contributed by atoms with Crippen molar-refractivity contribution in [2.45, 2.75) is 44.0 Å². The number of nitrogens with zero attached hydrogens (tertiary/aromatic N) is 3. The molecule has 1 unspecified atom stereocenters. The van der Waals surface area contributed by atoms with E-state index in [1.54, 1.807) is 6.92 Å². The molecule has 2 saturated heterocycles. The van der Waals surface area contributed by atoms with Gasteiger partial charge in [0.05, 0.1) is 18.4 Å². The van der Waals surface area contributed by atoms with Crippen LogP contribution in [0.25, 0.3) is 10.9 Å². The molecule has 11 heteroatoms. The number of fused-ring (bicyclic) bond motifs is 3. The number of piperazine rings is 1. The van der Waals surface area contributed by atoms with Crippen molar-refractivity contribution in [3.63, 3.8) is 0 Å². The molecular weight excluding hydrogens is 381 g/mol. The molecule has 4 atom stereocenters. The molecule has 144 valence electrons. The first-order chi connectivity index (χ1) is 12.9. The highest BCUT2D eigenvalue weighted by Gasteiger charge is 2.47. The van der Waals surface area contributed by atoms with Crippen molar-refractivity contribution < 1.29 is 19.0 Å². The molecular formula is C16H17ClFN5O4. The maximum atomic E-state index is 14.2. The highest BCUT2D eigenvalue weighted by atomic mass is 35.5. The Morgan fingerprint density at radius 3 is 3.04 bits per heavy atom. The lowest BCUT2D eigenvalue weighted by Gasteiger charge is -2.41. The van der Waals surface area contributed by atoms with Gasteiger partial charge in [-0.15, -0.1) is 0 Å². The highest BCUT2D eigenvalue weighted by Crippen LogP contribution is 2.33. The van der Waals surface area contributed by atoms with Gasteiger partial charge in [0.25, 0.3) is 5.56 Å². The minimum atomic E-state index is -0.963. The number of nitrogens with one attached hydrogen (secondary N) is 2. The second kappa shape index (κ2) is 6.61. The lowest BCUT2D eigenvalue weighted by molar-refractivity contribution is 0.0543. The second-order valence-electron chi connectivity index (χ2n) is 6.72. The molecule has 0 radical (unpaired) electrons. The molecule has 0 saturated carbocycles. The van der Waals surface area contributed by atoms with E-state index < -0.39 is 28.7 Å². The van der Waals surface area contributed by atoms with E-state index in [0.29, 0.717) is 13.0 Å². The predicted octanol–water partition coefficient (Wildman–Crippen LogP) is 1.36. The Morgan fingerprint density at radius 1 is 1.52 bits per heavy atom. The van der Waals surface area contributed by atoms with Gasteiger partial charge in [0.1, 0.15) is 17.0 Å². The highest BCUT2D eigenvalue weighted by molar-refractivity contribution is 6.30. The van der Waals surface area contributed by atoms with Gasteiger partial charge in [0, 0.05) is 12.6 Å². The lowest BCUT2D eigenvalue weighted by atomic mass is 10.0. The number of ether oxygens (including phenoxy) is 1. The van der Waals surface area contributed by atoms with E-state index in [2.05, 4.69) is 20.3 Å². The number of halogens is 2. The summed E-state index contributed by atoms with van der Waals surface area (Å²) in [7, 11) is 0. The molecule has 9 nitrogen and oxygen atoms in total. The number of aromatic nitrogens is 3. The van der Waals surface area contributed by atoms with Crippen LogP contribution in [0.4, 0.5) is 9.18 Å². The maximum Gasteiger partial charge on any atom is 0.407 e. The van der Waals surface area contributed by atoms with Gasteiger partial charge in [-0.2, -0.15) is 4.98 Å². The minimum absolute atomic E-state index is 0.0535. The third-order valence-electron chi connectivity index (χ3n) is 5.23. The van der Waals surface area contributed by atoms with Gasteiger partial charge in [-0.25, -0.2) is 14.2 Å². The summed E-state index contributed by atoms with van der Waals surface area (Å²) < 4.78 is 20.0. The van der Waals surface area contributed by atoms with E-state index in [1.165, 1.54) is 4.90 Å². The van der Waals surface area contributed by atoms with Crippen LogP contribution < -0.4 is 15.6 Å². The molecule has 2 bridgehead atoms. The number of pyridine rings is 1. The lowest BCUT2D eigenvalue weighted by Crippen LogP contribution is -2.63. The van der Waals surface area contributed by atoms with E-state index in [4.69, 9.17) is 16.3 Å². The fourth-order valence-corrected chi connectivity index (χ4v) is 4.21. The second-order valence-corrected chi connectivity index (χ2v) is 7.08. The maximum absolute atomic E-state index is 14.2. The van der Waals surface area contributed by atoms with Crippen LogP contribution in [0.15, 0.2) is 11.1 Å². The van der Waals surface area contributed by atoms with Gasteiger partial charge >= 0.3 is 6.09 Å². The van der Waals surface area contributed by atoms with E-state index >= 15 is 0 Å². The van der Waals surface area contributed by atoms with Crippen LogP contribution >= 0.6 is 11.6 Å². The quantitative estimate of drug-likeness (QED) is 0.669. The molecule has 27 heavy (non-hydrogen) atoms. The van der Waals surface area contributed by atoms with Crippen molar-refractivity contribution in [2.24, 2.45) is 0 Å². The number of aromatic amines is 1. The monoisotopic (exact) mass is 397 g/mol. The topological polar surface area (TPSA) is 120 Å². The molecule has 4 rings (SSSR count). The number of hydrogen-bond donors (Lipinski definition) is 3. The Labute approximate surface area is 157 Å². The van der Waals surface area contributed by atoms with Crippen molar-refractivity contribution in [3.8, 4) is 5.88 Å². The summed E-state index contributed by atoms with van der Waals surface area (Å²) in [4.78, 5) is 35.2. The summed E-state index contributed by atoms with van der Waals surface area (Å²) in [6.07, 6.45) is 1.05. The summed E-state index contributed by atoms with van der Waals surface area (Å²) in [6.45, 7) is 2.26. The van der Waals surface area contributed by atoms with Crippen LogP contribution in [0.5, 0.6) is 5.88 Å². The van der Waals surface area contributed by atoms with Crippen molar-refractivity contribution in [1.29, 1.82) is 0 Å². The zero-order valence-corrected chi connectivity index (χ0v) is 15.0. The summed E-state index contributed by atoms with van der Waals surface area (Å²) in [5.74, 6) is -1.04. The molecule has 2 aromatic heterocycles. The van der Waals surface area contributed by atoms with Crippen molar-refractivity contribution >= 4 is 28.6 Å². The van der Waals surface area contributed by atoms with Crippen molar-refractivity contribution in [1.82, 2.24) is 25.2 Å². The van der Waals surface area contributed by atoms with Crippen molar-refractivity contribution in [3.05, 3.63) is 27.7 Å². The fraction of sp³-hybridized carbons (Fsp3) is 0.500. The fourth-order valence-electron chi connectivity index (χ4n) is 4.04. The molecule has 4 heterocycles. The smallest absolute Gasteiger partial charge is 0.407 e. The number of carboxylic acid groups (broad SMARTS) is 1. The summed E-state index contributed by atoms with van der Waals surface area (Å²) in [6, 6.07) is -0.617. The van der Waals surface area contributed by atoms with E-state index in [1.807, 2.05) is 0 Å². The third kappa shape index (κ3) is 2.88. The SMILES string of the molecule is CC(Oc1nc(Cl)c(F)c2nc[nH]c(=O)c12)[C@H]1NC[C@@H]2CC[C@H]1N2C(=O)O. The predicted molar refractivity (Wildman–Crippen MR) is 93.7 cm³/mol. The summed E-state index contributed by atoms with van der Waals surface area (Å²) in [5.41, 5.74) is -0.833. The Kier molecular flexibility index (Phi) is 4.39. The van der Waals surface area contributed by atoms with Crippen LogP contribution in [0, 0.1) is 5.82 Å². The molecule has 2 fully saturated rings. The molecule has 2 aliphatic rings. The molecule has 0 spiro atoms. The largest absolute Gasteiger partial charge is 0.472 e. The van der Waals surface area contributed by atoms with Gasteiger partial charge in [-0.05, 0) is 19.8 Å². The average Bonchev–Trinajstić information content (AvgIpc) is 2.93. The third-order valence-corrected chi connectivity index (χ3v) is 5.48. The zero-order chi connectivity index (χ0) is 19.3. The number of rotatable bonds is 3. The summed E-state index contributed by atoms with van der Waals surface area (Å²) >= 11 is 5.82. The first-order valence-corrected chi connectivity index (χ1v) is 8.90. The number of carbonyl (C=O) groups is 1. The Bertz CT molecular complexity index is 970. The molecule has 0 aromatic carbocycles. The Morgan fingerprint density at radius 2 is 2.30 bits per heavy atom. The first-order valence-electron chi connectivity index (χ1n) is 8.52. The number of hydrogen-bond acceptors (Lipinski definition) is 6. The minimum Gasteiger partial charge on any atom is -0.472 e. The van der Waals surface area contributed by atoms with Crippen LogP contribution in [0.1, 0.15) is 19.8 Å².